The van der Waals surface area contributed by atoms with Gasteiger partial charge in [0.1, 0.15) is 5.69 Å². The van der Waals surface area contributed by atoms with Crippen LogP contribution in [0.4, 0.5) is 24.5 Å². The Labute approximate surface area is 200 Å². The lowest BCUT2D eigenvalue weighted by atomic mass is 10.0. The van der Waals surface area contributed by atoms with Crippen molar-refractivity contribution in [2.75, 3.05) is 18.0 Å². The van der Waals surface area contributed by atoms with Gasteiger partial charge in [-0.15, -0.1) is 0 Å². The number of pyridine rings is 1. The number of benzene rings is 2. The van der Waals surface area contributed by atoms with Gasteiger partial charge in [-0.05, 0) is 66.9 Å². The van der Waals surface area contributed by atoms with Gasteiger partial charge in [-0.3, -0.25) is 9.59 Å². The minimum absolute atomic E-state index is 0.0492. The van der Waals surface area contributed by atoms with E-state index in [0.717, 1.165) is 41.8 Å². The molecule has 2 N–H and O–H groups in total. The number of nitrogens with zero attached hydrogens (tertiary/aromatic N) is 3. The molecule has 1 fully saturated rings. The van der Waals surface area contributed by atoms with Gasteiger partial charge in [0.2, 0.25) is 5.91 Å². The van der Waals surface area contributed by atoms with Gasteiger partial charge in [0.05, 0.1) is 11.3 Å². The van der Waals surface area contributed by atoms with Crippen LogP contribution in [0.15, 0.2) is 60.7 Å². The van der Waals surface area contributed by atoms with Crippen LogP contribution in [0.5, 0.6) is 0 Å². The molecule has 0 spiro atoms. The van der Waals surface area contributed by atoms with Gasteiger partial charge in [0.15, 0.2) is 0 Å². The summed E-state index contributed by atoms with van der Waals surface area (Å²) in [7, 11) is 0. The lowest BCUT2D eigenvalue weighted by Crippen LogP contribution is -2.35. The van der Waals surface area contributed by atoms with Crippen LogP contribution in [0.3, 0.4) is 0 Å². The van der Waals surface area contributed by atoms with Gasteiger partial charge in [0.25, 0.3) is 5.91 Å². The minimum atomic E-state index is -4.41. The van der Waals surface area contributed by atoms with Crippen LogP contribution in [0, 0.1) is 5.92 Å². The van der Waals surface area contributed by atoms with Crippen LogP contribution in [0.2, 0.25) is 0 Å². The number of rotatable bonds is 4. The summed E-state index contributed by atoms with van der Waals surface area (Å²) in [5, 5.41) is 0. The van der Waals surface area contributed by atoms with E-state index in [9.17, 15) is 22.8 Å². The lowest BCUT2D eigenvalue weighted by molar-refractivity contribution is -0.137. The van der Waals surface area contributed by atoms with E-state index in [2.05, 4.69) is 4.98 Å². The van der Waals surface area contributed by atoms with Gasteiger partial charge >= 0.3 is 6.18 Å². The molecule has 2 aliphatic rings. The number of carbonyl (C=O) groups excluding carboxylic acids is 2. The van der Waals surface area contributed by atoms with Crippen LogP contribution in [-0.2, 0) is 17.5 Å². The molecule has 9 heteroatoms. The van der Waals surface area contributed by atoms with E-state index in [4.69, 9.17) is 5.73 Å². The zero-order valence-electron chi connectivity index (χ0n) is 18.8. The highest BCUT2D eigenvalue weighted by atomic mass is 19.4. The van der Waals surface area contributed by atoms with E-state index >= 15 is 0 Å². The topological polar surface area (TPSA) is 79.5 Å². The molecule has 2 amide bonds. The maximum Gasteiger partial charge on any atom is 0.416 e. The van der Waals surface area contributed by atoms with Crippen LogP contribution >= 0.6 is 0 Å². The Kier molecular flexibility index (Phi) is 5.70. The number of primary amides is 1. The summed E-state index contributed by atoms with van der Waals surface area (Å²) in [5.41, 5.74) is 8.40. The number of carbonyl (C=O) groups is 2. The molecule has 0 atom stereocenters. The monoisotopic (exact) mass is 480 g/mol. The predicted octanol–water partition coefficient (Wildman–Crippen LogP) is 4.76. The van der Waals surface area contributed by atoms with E-state index in [1.54, 1.807) is 12.1 Å². The second-order valence-electron chi connectivity index (χ2n) is 8.85. The van der Waals surface area contributed by atoms with Crippen molar-refractivity contribution in [2.45, 2.75) is 25.6 Å². The Morgan fingerprint density at radius 1 is 0.971 bits per heavy atom. The summed E-state index contributed by atoms with van der Waals surface area (Å²) in [6.07, 6.45) is -2.65. The third-order valence-electron chi connectivity index (χ3n) is 6.37. The van der Waals surface area contributed by atoms with Gasteiger partial charge in [-0.2, -0.15) is 13.2 Å². The minimum Gasteiger partial charge on any atom is -0.364 e. The number of amides is 2. The Morgan fingerprint density at radius 3 is 2.37 bits per heavy atom. The van der Waals surface area contributed by atoms with Crippen molar-refractivity contribution in [3.05, 3.63) is 77.5 Å². The third-order valence-corrected chi connectivity index (χ3v) is 6.37. The third kappa shape index (κ3) is 4.71. The number of aromatic nitrogens is 1. The van der Waals surface area contributed by atoms with Crippen molar-refractivity contribution >= 4 is 23.2 Å². The van der Waals surface area contributed by atoms with Gasteiger partial charge in [-0.25, -0.2) is 4.98 Å². The molecule has 0 bridgehead atoms. The fourth-order valence-corrected chi connectivity index (χ4v) is 4.37. The molecule has 3 aromatic rings. The molecule has 1 saturated carbocycles. The number of alkyl halides is 3. The van der Waals surface area contributed by atoms with Crippen molar-refractivity contribution in [2.24, 2.45) is 11.7 Å². The molecular weight excluding hydrogens is 457 g/mol. The zero-order valence-corrected chi connectivity index (χ0v) is 18.8. The summed E-state index contributed by atoms with van der Waals surface area (Å²) in [6.45, 7) is 1.28. The number of hydrogen-bond acceptors (Lipinski definition) is 4. The van der Waals surface area contributed by atoms with Crippen LogP contribution in [0.1, 0.15) is 34.5 Å². The number of anilines is 2. The molecular formula is C26H23F3N4O2. The molecule has 180 valence electrons. The van der Waals surface area contributed by atoms with Crippen LogP contribution in [0.25, 0.3) is 11.3 Å². The van der Waals surface area contributed by atoms with Gasteiger partial charge in [0, 0.05) is 42.5 Å². The Bertz CT molecular complexity index is 1290. The maximum atomic E-state index is 13.1. The first-order valence-electron chi connectivity index (χ1n) is 11.3. The van der Waals surface area contributed by atoms with Crippen LogP contribution < -0.4 is 10.6 Å². The van der Waals surface area contributed by atoms with Crippen molar-refractivity contribution in [1.29, 1.82) is 0 Å². The van der Waals surface area contributed by atoms with Crippen molar-refractivity contribution in [3.63, 3.8) is 0 Å². The quantitative estimate of drug-likeness (QED) is 0.584. The number of hydrogen-bond donors (Lipinski definition) is 1. The number of fused-ring (bicyclic) bond motifs is 1. The second-order valence-corrected chi connectivity index (χ2v) is 8.85. The van der Waals surface area contributed by atoms with Gasteiger partial charge in [-0.1, -0.05) is 12.1 Å². The average Bonchev–Trinajstić information content (AvgIpc) is 3.70. The van der Waals surface area contributed by atoms with Crippen molar-refractivity contribution in [1.82, 2.24) is 9.88 Å². The van der Waals surface area contributed by atoms with Crippen molar-refractivity contribution in [3.8, 4) is 11.3 Å². The Morgan fingerprint density at radius 2 is 1.71 bits per heavy atom. The molecule has 1 aromatic heterocycles. The van der Waals surface area contributed by atoms with E-state index in [1.807, 2.05) is 28.0 Å². The highest BCUT2D eigenvalue weighted by molar-refractivity contribution is 5.91. The van der Waals surface area contributed by atoms with E-state index in [1.165, 1.54) is 18.2 Å². The van der Waals surface area contributed by atoms with Crippen LogP contribution in [-0.4, -0.2) is 34.8 Å². The van der Waals surface area contributed by atoms with E-state index in [-0.39, 0.29) is 17.5 Å². The number of nitrogens with two attached hydrogens (primary N) is 1. The summed E-state index contributed by atoms with van der Waals surface area (Å²) in [5.74, 6) is -0.478. The highest BCUT2D eigenvalue weighted by Crippen LogP contribution is 2.38. The molecule has 6 nitrogen and oxygen atoms in total. The molecule has 0 unspecified atom stereocenters. The molecule has 1 aliphatic carbocycles. The van der Waals surface area contributed by atoms with E-state index in [0.29, 0.717) is 31.0 Å². The summed E-state index contributed by atoms with van der Waals surface area (Å²) in [4.78, 5) is 32.6. The molecule has 2 heterocycles. The molecule has 5 rings (SSSR count). The standard InChI is InChI=1S/C26H23F3N4O2/c27-26(28,29)19-7-9-20(10-8-19)33-13-12-32(25(35)16-4-5-16)15-18-14-17(6-11-23(18)33)21-2-1-3-22(31-21)24(30)34/h1-3,6-11,14,16H,4-5,12-13,15H2,(H2,30,34). The molecule has 0 radical (unpaired) electrons. The van der Waals surface area contributed by atoms with Crippen molar-refractivity contribution < 1.29 is 22.8 Å². The summed E-state index contributed by atoms with van der Waals surface area (Å²) < 4.78 is 39.2. The first kappa shape index (κ1) is 22.9. The molecule has 35 heavy (non-hydrogen) atoms. The maximum absolute atomic E-state index is 13.1. The molecule has 1 aliphatic heterocycles. The molecule has 2 aromatic carbocycles. The first-order chi connectivity index (χ1) is 16.7. The average molecular weight is 480 g/mol. The lowest BCUT2D eigenvalue weighted by Gasteiger charge is -2.25. The SMILES string of the molecule is NC(=O)c1cccc(-c2ccc3c(c2)CN(C(=O)C2CC2)CCN3c2ccc(C(F)(F)F)cc2)n1. The normalized spacial score (nSPS) is 16.0. The zero-order chi connectivity index (χ0) is 24.7. The fraction of sp³-hybridized carbons (Fsp3) is 0.269. The smallest absolute Gasteiger partial charge is 0.364 e. The largest absolute Gasteiger partial charge is 0.416 e. The van der Waals surface area contributed by atoms with Gasteiger partial charge < -0.3 is 15.5 Å². The fourth-order valence-electron chi connectivity index (χ4n) is 4.37. The van der Waals surface area contributed by atoms with E-state index < -0.39 is 17.6 Å². The number of halogens is 3. The Balaban J connectivity index is 1.55. The second kappa shape index (κ2) is 8.72. The Hall–Kier alpha value is -3.88. The first-order valence-corrected chi connectivity index (χ1v) is 11.3. The summed E-state index contributed by atoms with van der Waals surface area (Å²) >= 11 is 0. The predicted molar refractivity (Wildman–Crippen MR) is 125 cm³/mol. The molecule has 0 saturated heterocycles. The summed E-state index contributed by atoms with van der Waals surface area (Å²) in [6, 6.07) is 15.7. The highest BCUT2D eigenvalue weighted by Gasteiger charge is 2.35.